The van der Waals surface area contributed by atoms with Crippen molar-refractivity contribution in [2.75, 3.05) is 6.61 Å². The molecule has 0 radical (unpaired) electrons. The van der Waals surface area contributed by atoms with Gasteiger partial charge in [0, 0.05) is 16.5 Å². The summed E-state index contributed by atoms with van der Waals surface area (Å²) in [7, 11) is 0. The predicted octanol–water partition coefficient (Wildman–Crippen LogP) is 2.55. The Balaban J connectivity index is 2.73. The second kappa shape index (κ2) is 4.45. The van der Waals surface area contributed by atoms with E-state index in [0.717, 1.165) is 34.9 Å². The quantitative estimate of drug-likeness (QED) is 0.697. The second-order valence-electron chi connectivity index (χ2n) is 2.53. The maximum absolute atomic E-state index is 10.5. The third-order valence-electron chi connectivity index (χ3n) is 1.71. The van der Waals surface area contributed by atoms with Crippen LogP contribution in [0.1, 0.15) is 19.8 Å². The summed E-state index contributed by atoms with van der Waals surface area (Å²) in [6.45, 7) is 2.64. The molecule has 2 nitrogen and oxygen atoms in total. The lowest BCUT2D eigenvalue weighted by molar-refractivity contribution is -0.105. The highest BCUT2D eigenvalue weighted by Gasteiger charge is 2.11. The predicted molar refractivity (Wildman–Crippen MR) is 51.0 cm³/mol. The number of ether oxygens (including phenoxy) is 1. The van der Waals surface area contributed by atoms with Gasteiger partial charge in [-0.25, -0.2) is 0 Å². The molecular formula is C9H11BrO2. The van der Waals surface area contributed by atoms with Gasteiger partial charge in [-0.15, -0.1) is 0 Å². The molecule has 1 aliphatic rings. The van der Waals surface area contributed by atoms with Crippen LogP contribution in [0.3, 0.4) is 0 Å². The summed E-state index contributed by atoms with van der Waals surface area (Å²) in [4.78, 5) is 10.5. The lowest BCUT2D eigenvalue weighted by atomic mass is 10.1. The van der Waals surface area contributed by atoms with Crippen molar-refractivity contribution in [3.8, 4) is 0 Å². The van der Waals surface area contributed by atoms with Crippen LogP contribution >= 0.6 is 15.9 Å². The highest BCUT2D eigenvalue weighted by molar-refractivity contribution is 9.11. The van der Waals surface area contributed by atoms with Gasteiger partial charge in [-0.2, -0.15) is 0 Å². The summed E-state index contributed by atoms with van der Waals surface area (Å²) in [5, 5.41) is 0. The van der Waals surface area contributed by atoms with Crippen LogP contribution in [-0.4, -0.2) is 12.9 Å². The molecule has 0 heterocycles. The van der Waals surface area contributed by atoms with Gasteiger partial charge in [-0.3, -0.25) is 4.79 Å². The Kier molecular flexibility index (Phi) is 3.53. The summed E-state index contributed by atoms with van der Waals surface area (Å²) in [6, 6.07) is 0. The number of allylic oxidation sites excluding steroid dienone is 4. The van der Waals surface area contributed by atoms with Crippen molar-refractivity contribution in [2.45, 2.75) is 19.8 Å². The third kappa shape index (κ3) is 2.21. The molecule has 0 aromatic rings. The van der Waals surface area contributed by atoms with E-state index in [4.69, 9.17) is 4.74 Å². The van der Waals surface area contributed by atoms with Crippen LogP contribution < -0.4 is 0 Å². The molecule has 0 fully saturated rings. The topological polar surface area (TPSA) is 26.3 Å². The van der Waals surface area contributed by atoms with Gasteiger partial charge in [0.15, 0.2) is 0 Å². The first-order chi connectivity index (χ1) is 5.77. The molecule has 0 bridgehead atoms. The molecule has 0 atom stereocenters. The standard InChI is InChI=1S/C9H11BrO2/c1-2-12-8-4-3-7(6-11)9(10)5-8/h5-6H,2-4H2,1H3. The van der Waals surface area contributed by atoms with E-state index in [0.29, 0.717) is 6.61 Å². The number of hydrogen-bond acceptors (Lipinski definition) is 2. The maximum Gasteiger partial charge on any atom is 0.147 e. The summed E-state index contributed by atoms with van der Waals surface area (Å²) < 4.78 is 6.18. The molecule has 3 heteroatoms. The molecule has 66 valence electrons. The van der Waals surface area contributed by atoms with E-state index in [1.165, 1.54) is 0 Å². The zero-order chi connectivity index (χ0) is 8.97. The molecular weight excluding hydrogens is 220 g/mol. The first kappa shape index (κ1) is 9.52. The molecule has 0 saturated carbocycles. The average molecular weight is 231 g/mol. The highest BCUT2D eigenvalue weighted by atomic mass is 79.9. The zero-order valence-electron chi connectivity index (χ0n) is 6.97. The van der Waals surface area contributed by atoms with Gasteiger partial charge in [0.2, 0.25) is 0 Å². The average Bonchev–Trinajstić information content (AvgIpc) is 2.05. The summed E-state index contributed by atoms with van der Waals surface area (Å²) in [6.07, 6.45) is 4.37. The van der Waals surface area contributed by atoms with Crippen molar-refractivity contribution in [1.29, 1.82) is 0 Å². The van der Waals surface area contributed by atoms with Crippen LogP contribution in [0.4, 0.5) is 0 Å². The minimum Gasteiger partial charge on any atom is -0.498 e. The van der Waals surface area contributed by atoms with Crippen LogP contribution in [0.15, 0.2) is 21.9 Å². The Labute approximate surface area is 80.4 Å². The van der Waals surface area contributed by atoms with Gasteiger partial charge in [-0.05, 0) is 19.4 Å². The van der Waals surface area contributed by atoms with E-state index >= 15 is 0 Å². The largest absolute Gasteiger partial charge is 0.498 e. The van der Waals surface area contributed by atoms with Crippen molar-refractivity contribution in [1.82, 2.24) is 0 Å². The van der Waals surface area contributed by atoms with Crippen molar-refractivity contribution in [3.63, 3.8) is 0 Å². The normalized spacial score (nSPS) is 17.3. The minimum absolute atomic E-state index is 0.683. The van der Waals surface area contributed by atoms with Crippen LogP contribution in [0, 0.1) is 0 Å². The van der Waals surface area contributed by atoms with Gasteiger partial charge in [-0.1, -0.05) is 15.9 Å². The second-order valence-corrected chi connectivity index (χ2v) is 3.39. The molecule has 12 heavy (non-hydrogen) atoms. The molecule has 0 N–H and O–H groups in total. The molecule has 0 unspecified atom stereocenters. The first-order valence-electron chi connectivity index (χ1n) is 3.95. The van der Waals surface area contributed by atoms with E-state index in [2.05, 4.69) is 15.9 Å². The number of halogens is 1. The smallest absolute Gasteiger partial charge is 0.147 e. The number of carbonyl (C=O) groups is 1. The lowest BCUT2D eigenvalue weighted by Crippen LogP contribution is -2.00. The fourth-order valence-electron chi connectivity index (χ4n) is 1.10. The van der Waals surface area contributed by atoms with Gasteiger partial charge in [0.1, 0.15) is 6.29 Å². The fourth-order valence-corrected chi connectivity index (χ4v) is 1.64. The maximum atomic E-state index is 10.5. The van der Waals surface area contributed by atoms with E-state index < -0.39 is 0 Å². The monoisotopic (exact) mass is 230 g/mol. The Hall–Kier alpha value is -0.570. The Morgan fingerprint density at radius 3 is 2.92 bits per heavy atom. The Morgan fingerprint density at radius 2 is 2.42 bits per heavy atom. The third-order valence-corrected chi connectivity index (χ3v) is 2.45. The molecule has 1 aliphatic carbocycles. The molecule has 0 aliphatic heterocycles. The number of aldehydes is 1. The van der Waals surface area contributed by atoms with Crippen LogP contribution in [0.2, 0.25) is 0 Å². The van der Waals surface area contributed by atoms with Crippen LogP contribution in [0.5, 0.6) is 0 Å². The molecule has 0 saturated heterocycles. The Morgan fingerprint density at radius 1 is 1.67 bits per heavy atom. The summed E-state index contributed by atoms with van der Waals surface area (Å²) >= 11 is 3.32. The fraction of sp³-hybridized carbons (Fsp3) is 0.444. The SMILES string of the molecule is CCOC1=CC(Br)=C(C=O)CC1. The zero-order valence-corrected chi connectivity index (χ0v) is 8.56. The Bertz CT molecular complexity index is 241. The lowest BCUT2D eigenvalue weighted by Gasteiger charge is -2.13. The van der Waals surface area contributed by atoms with Gasteiger partial charge in [0.05, 0.1) is 12.4 Å². The minimum atomic E-state index is 0.683. The number of hydrogen-bond donors (Lipinski definition) is 0. The molecule has 0 amide bonds. The van der Waals surface area contributed by atoms with Crippen LogP contribution in [0.25, 0.3) is 0 Å². The molecule has 0 spiro atoms. The highest BCUT2D eigenvalue weighted by Crippen LogP contribution is 2.26. The van der Waals surface area contributed by atoms with E-state index in [-0.39, 0.29) is 0 Å². The molecule has 1 rings (SSSR count). The van der Waals surface area contributed by atoms with E-state index in [1.54, 1.807) is 0 Å². The van der Waals surface area contributed by atoms with Crippen molar-refractivity contribution in [2.24, 2.45) is 0 Å². The molecule has 0 aromatic carbocycles. The van der Waals surface area contributed by atoms with Crippen molar-refractivity contribution >= 4 is 22.2 Å². The van der Waals surface area contributed by atoms with Crippen molar-refractivity contribution in [3.05, 3.63) is 21.9 Å². The number of rotatable bonds is 3. The first-order valence-corrected chi connectivity index (χ1v) is 4.74. The van der Waals surface area contributed by atoms with Crippen molar-refractivity contribution < 1.29 is 9.53 Å². The van der Waals surface area contributed by atoms with Gasteiger partial charge >= 0.3 is 0 Å². The van der Waals surface area contributed by atoms with Gasteiger partial charge < -0.3 is 4.74 Å². The van der Waals surface area contributed by atoms with E-state index in [9.17, 15) is 4.79 Å². The van der Waals surface area contributed by atoms with E-state index in [1.807, 2.05) is 13.0 Å². The van der Waals surface area contributed by atoms with Crippen LogP contribution in [-0.2, 0) is 9.53 Å². The van der Waals surface area contributed by atoms with Gasteiger partial charge in [0.25, 0.3) is 0 Å². The summed E-state index contributed by atoms with van der Waals surface area (Å²) in [5.74, 6) is 0.954. The number of carbonyl (C=O) groups excluding carboxylic acids is 1. The summed E-state index contributed by atoms with van der Waals surface area (Å²) in [5.41, 5.74) is 0.818. The molecule has 0 aromatic heterocycles.